The molecule has 0 spiro atoms. The van der Waals surface area contributed by atoms with Gasteiger partial charge in [-0.1, -0.05) is 12.1 Å². The van der Waals surface area contributed by atoms with E-state index in [1.54, 1.807) is 55.5 Å². The third-order valence-electron chi connectivity index (χ3n) is 5.21. The first kappa shape index (κ1) is 24.6. The number of carbonyl (C=O) groups is 2. The lowest BCUT2D eigenvalue weighted by Gasteiger charge is -2.25. The molecule has 3 aromatic rings. The van der Waals surface area contributed by atoms with Crippen molar-refractivity contribution in [2.45, 2.75) is 39.8 Å². The Bertz CT molecular complexity index is 1110. The first-order valence-corrected chi connectivity index (χ1v) is 10.8. The predicted molar refractivity (Wildman–Crippen MR) is 123 cm³/mol. The molecule has 1 amide bonds. The summed E-state index contributed by atoms with van der Waals surface area (Å²) in [5, 5.41) is 9.47. The molecule has 9 nitrogen and oxygen atoms in total. The second-order valence-corrected chi connectivity index (χ2v) is 7.66. The van der Waals surface area contributed by atoms with Crippen LogP contribution in [0.15, 0.2) is 52.9 Å². The number of amides is 1. The van der Waals surface area contributed by atoms with Crippen LogP contribution in [0.1, 0.15) is 29.8 Å². The van der Waals surface area contributed by atoms with E-state index in [0.29, 0.717) is 30.4 Å². The number of carboxylic acids is 1. The van der Waals surface area contributed by atoms with Gasteiger partial charge in [0, 0.05) is 19.9 Å². The van der Waals surface area contributed by atoms with E-state index >= 15 is 0 Å². The van der Waals surface area contributed by atoms with Crippen LogP contribution in [-0.4, -0.2) is 46.8 Å². The fourth-order valence-electron chi connectivity index (χ4n) is 3.25. The van der Waals surface area contributed by atoms with Gasteiger partial charge in [0.1, 0.15) is 29.1 Å². The highest BCUT2D eigenvalue weighted by Crippen LogP contribution is 2.20. The predicted octanol–water partition coefficient (Wildman–Crippen LogP) is 4.40. The maximum Gasteiger partial charge on any atom is 0.416 e. The van der Waals surface area contributed by atoms with Crippen LogP contribution in [0, 0.1) is 13.8 Å². The van der Waals surface area contributed by atoms with Gasteiger partial charge in [-0.15, -0.1) is 0 Å². The van der Waals surface area contributed by atoms with Crippen LogP contribution in [0.25, 0.3) is 0 Å². The molecule has 0 radical (unpaired) electrons. The van der Waals surface area contributed by atoms with Crippen molar-refractivity contribution in [2.75, 3.05) is 13.7 Å². The number of oxazole rings is 1. The molecule has 180 valence electrons. The molecule has 1 heterocycles. The summed E-state index contributed by atoms with van der Waals surface area (Å²) in [6.07, 6.45) is -0.148. The summed E-state index contributed by atoms with van der Waals surface area (Å²) in [5.74, 6) is 1.83. The second-order valence-electron chi connectivity index (χ2n) is 7.66. The van der Waals surface area contributed by atoms with Crippen LogP contribution < -0.4 is 14.2 Å². The van der Waals surface area contributed by atoms with Crippen LogP contribution in [0.2, 0.25) is 0 Å². The van der Waals surface area contributed by atoms with Gasteiger partial charge in [-0.25, -0.2) is 14.6 Å². The fraction of sp³-hybridized carbons (Fsp3) is 0.320. The molecule has 3 rings (SSSR count). The molecular weight excluding hydrogens is 440 g/mol. The van der Waals surface area contributed by atoms with Gasteiger partial charge in [0.15, 0.2) is 5.89 Å². The van der Waals surface area contributed by atoms with E-state index in [-0.39, 0.29) is 12.3 Å². The summed E-state index contributed by atoms with van der Waals surface area (Å²) in [7, 11) is 1.53. The van der Waals surface area contributed by atoms with E-state index in [1.807, 2.05) is 6.92 Å². The first-order valence-electron chi connectivity index (χ1n) is 10.8. The Labute approximate surface area is 197 Å². The SMILES string of the molecule is COc1ccc(OC(=O)N(Cc2ccc(OCCc3nc(C)oc3C)cc2)C(C)C(=O)O)cc1. The van der Waals surface area contributed by atoms with E-state index < -0.39 is 18.1 Å². The number of ether oxygens (including phenoxy) is 3. The van der Waals surface area contributed by atoms with Gasteiger partial charge >= 0.3 is 12.1 Å². The van der Waals surface area contributed by atoms with Crippen LogP contribution in [-0.2, 0) is 17.8 Å². The molecule has 1 N–H and O–H groups in total. The summed E-state index contributed by atoms with van der Waals surface area (Å²) in [6, 6.07) is 12.5. The molecule has 1 atom stereocenters. The Kier molecular flexibility index (Phi) is 8.13. The fourth-order valence-corrected chi connectivity index (χ4v) is 3.25. The molecule has 2 aromatic carbocycles. The Morgan fingerprint density at radius 1 is 1.03 bits per heavy atom. The highest BCUT2D eigenvalue weighted by atomic mass is 16.6. The Morgan fingerprint density at radius 2 is 1.65 bits per heavy atom. The number of benzene rings is 2. The van der Waals surface area contributed by atoms with Gasteiger partial charge in [0.05, 0.1) is 19.4 Å². The number of rotatable bonds is 10. The minimum absolute atomic E-state index is 0.0557. The number of aryl methyl sites for hydroxylation is 2. The van der Waals surface area contributed by atoms with Gasteiger partial charge in [-0.3, -0.25) is 4.90 Å². The van der Waals surface area contributed by atoms with E-state index in [2.05, 4.69) is 4.98 Å². The van der Waals surface area contributed by atoms with Crippen molar-refractivity contribution >= 4 is 12.1 Å². The van der Waals surface area contributed by atoms with Crippen molar-refractivity contribution in [3.05, 3.63) is 71.4 Å². The smallest absolute Gasteiger partial charge is 0.416 e. The summed E-state index contributed by atoms with van der Waals surface area (Å²) >= 11 is 0. The summed E-state index contributed by atoms with van der Waals surface area (Å²) in [6.45, 7) is 5.59. The second kappa shape index (κ2) is 11.2. The lowest BCUT2D eigenvalue weighted by Crippen LogP contribution is -2.44. The van der Waals surface area contributed by atoms with Gasteiger partial charge in [-0.2, -0.15) is 0 Å². The lowest BCUT2D eigenvalue weighted by atomic mass is 10.2. The van der Waals surface area contributed by atoms with E-state index in [9.17, 15) is 14.7 Å². The molecule has 0 aliphatic rings. The Morgan fingerprint density at radius 3 is 2.21 bits per heavy atom. The van der Waals surface area contributed by atoms with Crippen molar-refractivity contribution in [1.29, 1.82) is 0 Å². The topological polar surface area (TPSA) is 111 Å². The van der Waals surface area contributed by atoms with Crippen molar-refractivity contribution in [3.63, 3.8) is 0 Å². The van der Waals surface area contributed by atoms with E-state index in [1.165, 1.54) is 14.0 Å². The molecule has 34 heavy (non-hydrogen) atoms. The highest BCUT2D eigenvalue weighted by molar-refractivity contribution is 5.80. The van der Waals surface area contributed by atoms with Crippen molar-refractivity contribution in [2.24, 2.45) is 0 Å². The number of aliphatic carboxylic acids is 1. The van der Waals surface area contributed by atoms with E-state index in [4.69, 9.17) is 18.6 Å². The molecule has 1 aromatic heterocycles. The van der Waals surface area contributed by atoms with Gasteiger partial charge in [0.25, 0.3) is 0 Å². The third-order valence-corrected chi connectivity index (χ3v) is 5.21. The zero-order valence-corrected chi connectivity index (χ0v) is 19.6. The largest absolute Gasteiger partial charge is 0.497 e. The minimum Gasteiger partial charge on any atom is -0.497 e. The number of methoxy groups -OCH3 is 1. The zero-order valence-electron chi connectivity index (χ0n) is 19.6. The monoisotopic (exact) mass is 468 g/mol. The lowest BCUT2D eigenvalue weighted by molar-refractivity contribution is -0.142. The molecule has 1 unspecified atom stereocenters. The molecule has 0 bridgehead atoms. The zero-order chi connectivity index (χ0) is 24.7. The van der Waals surface area contributed by atoms with Crippen molar-refractivity contribution in [3.8, 4) is 17.2 Å². The van der Waals surface area contributed by atoms with Crippen molar-refractivity contribution in [1.82, 2.24) is 9.88 Å². The Hall–Kier alpha value is -4.01. The van der Waals surface area contributed by atoms with E-state index in [0.717, 1.165) is 21.9 Å². The number of carboxylic acid groups (broad SMARTS) is 1. The van der Waals surface area contributed by atoms with Crippen LogP contribution in [0.5, 0.6) is 17.2 Å². The molecule has 9 heteroatoms. The minimum atomic E-state index is -1.13. The maximum atomic E-state index is 12.8. The summed E-state index contributed by atoms with van der Waals surface area (Å²) in [5.41, 5.74) is 1.60. The molecule has 0 saturated carbocycles. The number of nitrogens with zero attached hydrogens (tertiary/aromatic N) is 2. The maximum absolute atomic E-state index is 12.8. The molecule has 0 fully saturated rings. The van der Waals surface area contributed by atoms with Gasteiger partial charge in [-0.05, 0) is 55.8 Å². The standard InChI is InChI=1S/C25H28N2O7/c1-16(24(28)29)27(25(30)34-22-11-9-20(31-4)10-12-22)15-19-5-7-21(8-6-19)32-14-13-23-17(2)33-18(3)26-23/h5-12,16H,13-15H2,1-4H3,(H,28,29). The van der Waals surface area contributed by atoms with Crippen LogP contribution in [0.3, 0.4) is 0 Å². The van der Waals surface area contributed by atoms with Gasteiger partial charge < -0.3 is 23.7 Å². The normalized spacial score (nSPS) is 11.5. The summed E-state index contributed by atoms with van der Waals surface area (Å²) < 4.78 is 21.7. The molecular formula is C25H28N2O7. The Balaban J connectivity index is 1.61. The number of carbonyl (C=O) groups excluding carboxylic acids is 1. The van der Waals surface area contributed by atoms with Gasteiger partial charge in [0.2, 0.25) is 0 Å². The molecule has 0 aliphatic heterocycles. The molecule has 0 saturated heterocycles. The number of hydrogen-bond acceptors (Lipinski definition) is 7. The average molecular weight is 469 g/mol. The average Bonchev–Trinajstić information content (AvgIpc) is 3.15. The highest BCUT2D eigenvalue weighted by Gasteiger charge is 2.27. The molecule has 0 aliphatic carbocycles. The van der Waals surface area contributed by atoms with Crippen LogP contribution >= 0.6 is 0 Å². The first-order chi connectivity index (χ1) is 16.3. The summed E-state index contributed by atoms with van der Waals surface area (Å²) in [4.78, 5) is 29.8. The number of aromatic nitrogens is 1. The van der Waals surface area contributed by atoms with Crippen molar-refractivity contribution < 1.29 is 33.3 Å². The third kappa shape index (κ3) is 6.50. The van der Waals surface area contributed by atoms with Crippen LogP contribution in [0.4, 0.5) is 4.79 Å². The number of hydrogen-bond donors (Lipinski definition) is 1. The quantitative estimate of drug-likeness (QED) is 0.466.